The average molecular weight is 215 g/mol. The molecule has 2 fully saturated rings. The molecule has 0 amide bonds. The summed E-state index contributed by atoms with van der Waals surface area (Å²) in [7, 11) is 0. The van der Waals surface area contributed by atoms with Crippen LogP contribution in [0, 0.1) is 0 Å². The number of hydrogen-bond acceptors (Lipinski definition) is 5. The lowest BCUT2D eigenvalue weighted by Gasteiger charge is -2.23. The monoisotopic (exact) mass is 215 g/mol. The molecule has 2 N–H and O–H groups in total. The summed E-state index contributed by atoms with van der Waals surface area (Å²) in [5.41, 5.74) is 0.0981. The van der Waals surface area contributed by atoms with Crippen molar-refractivity contribution < 1.29 is 9.90 Å². The molecule has 2 aliphatic rings. The van der Waals surface area contributed by atoms with Crippen molar-refractivity contribution in [2.75, 3.05) is 5.75 Å². The van der Waals surface area contributed by atoms with Crippen molar-refractivity contribution in [3.05, 3.63) is 0 Å². The van der Waals surface area contributed by atoms with E-state index in [0.717, 1.165) is 0 Å². The number of thioether (sulfide) groups is 1. The minimum atomic E-state index is -0.992. The Bertz CT molecular complexity index is 211. The van der Waals surface area contributed by atoms with Crippen molar-refractivity contribution in [1.29, 1.82) is 0 Å². The van der Waals surface area contributed by atoms with Crippen LogP contribution < -0.4 is 15.7 Å². The van der Waals surface area contributed by atoms with E-state index < -0.39 is 5.97 Å². The lowest BCUT2D eigenvalue weighted by molar-refractivity contribution is -0.301. The molecule has 0 bridgehead atoms. The maximum atomic E-state index is 10.3. The van der Waals surface area contributed by atoms with Gasteiger partial charge in [-0.15, -0.1) is 11.8 Å². The van der Waals surface area contributed by atoms with Gasteiger partial charge in [0, 0.05) is 17.8 Å². The highest BCUT2D eigenvalue weighted by atomic mass is 32.2. The normalized spacial score (nSPS) is 36.7. The lowest BCUT2D eigenvalue weighted by atomic mass is 9.92. The van der Waals surface area contributed by atoms with Gasteiger partial charge in [0.15, 0.2) is 0 Å². The van der Waals surface area contributed by atoms with Gasteiger partial charge >= 0.3 is 0 Å². The van der Waals surface area contributed by atoms with Crippen LogP contribution in [0.15, 0.2) is 0 Å². The molecule has 80 valence electrons. The number of carbonyl (C=O) groups excluding carboxylic acids is 1. The average Bonchev–Trinajstić information content (AvgIpc) is 2.57. The third-order valence-corrected chi connectivity index (χ3v) is 3.87. The second kappa shape index (κ2) is 4.51. The Morgan fingerprint density at radius 3 is 2.36 bits per heavy atom. The maximum Gasteiger partial charge on any atom is 0.106 e. The van der Waals surface area contributed by atoms with Gasteiger partial charge in [0.1, 0.15) is 5.50 Å². The van der Waals surface area contributed by atoms with Crippen LogP contribution in [0.1, 0.15) is 25.7 Å². The number of rotatable bonds is 3. The zero-order valence-corrected chi connectivity index (χ0v) is 8.81. The smallest absolute Gasteiger partial charge is 0.106 e. The van der Waals surface area contributed by atoms with Crippen LogP contribution in [0.25, 0.3) is 0 Å². The van der Waals surface area contributed by atoms with E-state index in [1.807, 2.05) is 0 Å². The van der Waals surface area contributed by atoms with E-state index >= 15 is 0 Å². The standard InChI is InChI=1S/C9H16N2O2S/c12-8(13)5-14-9-10-6-3-1-2-4-7(6)11-9/h6-7,9-11H,1-5H2,(H,12,13)/p-1. The molecule has 1 aliphatic heterocycles. The van der Waals surface area contributed by atoms with Crippen LogP contribution in [0.3, 0.4) is 0 Å². The fourth-order valence-corrected chi connectivity index (χ4v) is 3.06. The number of nitrogens with one attached hydrogen (secondary N) is 2. The van der Waals surface area contributed by atoms with Gasteiger partial charge in [-0.3, -0.25) is 10.6 Å². The van der Waals surface area contributed by atoms with Crippen molar-refractivity contribution >= 4 is 17.7 Å². The SMILES string of the molecule is O=C([O-])CSC1NC2CCCCC2N1. The molecule has 2 unspecified atom stereocenters. The lowest BCUT2D eigenvalue weighted by Crippen LogP contribution is -2.36. The van der Waals surface area contributed by atoms with Crippen molar-refractivity contribution in [1.82, 2.24) is 10.6 Å². The van der Waals surface area contributed by atoms with Crippen molar-refractivity contribution in [3.63, 3.8) is 0 Å². The third kappa shape index (κ3) is 2.40. The molecular formula is C9H15N2O2S-. The predicted octanol–water partition coefficient (Wildman–Crippen LogP) is -0.743. The number of carboxylic acid groups (broad SMARTS) is 1. The molecule has 2 rings (SSSR count). The largest absolute Gasteiger partial charge is 0.549 e. The summed E-state index contributed by atoms with van der Waals surface area (Å²) in [6, 6.07) is 1.09. The van der Waals surface area contributed by atoms with Gasteiger partial charge in [0.05, 0.1) is 5.97 Å². The molecule has 0 aromatic rings. The summed E-state index contributed by atoms with van der Waals surface area (Å²) in [4.78, 5) is 10.3. The van der Waals surface area contributed by atoms with Gasteiger partial charge in [-0.2, -0.15) is 0 Å². The van der Waals surface area contributed by atoms with Gasteiger partial charge in [-0.1, -0.05) is 12.8 Å². The summed E-state index contributed by atoms with van der Waals surface area (Å²) >= 11 is 1.37. The fourth-order valence-electron chi connectivity index (χ4n) is 2.21. The fraction of sp³-hybridized carbons (Fsp3) is 0.889. The summed E-state index contributed by atoms with van der Waals surface area (Å²) in [6.45, 7) is 0. The number of fused-ring (bicyclic) bond motifs is 1. The zero-order chi connectivity index (χ0) is 9.97. The van der Waals surface area contributed by atoms with Crippen LogP contribution in [0.4, 0.5) is 0 Å². The van der Waals surface area contributed by atoms with Crippen molar-refractivity contribution in [2.45, 2.75) is 43.3 Å². The van der Waals surface area contributed by atoms with Crippen LogP contribution in [-0.4, -0.2) is 29.3 Å². The van der Waals surface area contributed by atoms with Gasteiger partial charge < -0.3 is 9.90 Å². The second-order valence-electron chi connectivity index (χ2n) is 3.89. The highest BCUT2D eigenvalue weighted by molar-refractivity contribution is 8.00. The van der Waals surface area contributed by atoms with E-state index in [-0.39, 0.29) is 11.3 Å². The van der Waals surface area contributed by atoms with Crippen LogP contribution in [0.2, 0.25) is 0 Å². The Labute approximate surface area is 87.8 Å². The quantitative estimate of drug-likeness (QED) is 0.649. The summed E-state index contributed by atoms with van der Waals surface area (Å²) in [6.07, 6.45) is 4.99. The van der Waals surface area contributed by atoms with E-state index in [9.17, 15) is 9.90 Å². The summed E-state index contributed by atoms with van der Waals surface area (Å²) < 4.78 is 0. The molecule has 14 heavy (non-hydrogen) atoms. The highest BCUT2D eigenvalue weighted by Gasteiger charge is 2.34. The third-order valence-electron chi connectivity index (χ3n) is 2.86. The Kier molecular flexibility index (Phi) is 3.30. The Hall–Kier alpha value is -0.260. The molecule has 0 aromatic carbocycles. The molecule has 1 aliphatic carbocycles. The molecule has 0 aromatic heterocycles. The van der Waals surface area contributed by atoms with Crippen molar-refractivity contribution in [2.24, 2.45) is 0 Å². The van der Waals surface area contributed by atoms with Crippen LogP contribution in [0.5, 0.6) is 0 Å². The highest BCUT2D eigenvalue weighted by Crippen LogP contribution is 2.25. The number of aliphatic carboxylic acids is 1. The molecule has 1 heterocycles. The van der Waals surface area contributed by atoms with Gasteiger partial charge in [-0.25, -0.2) is 0 Å². The summed E-state index contributed by atoms with van der Waals surface area (Å²) in [5, 5.41) is 17.1. The van der Waals surface area contributed by atoms with Crippen LogP contribution in [-0.2, 0) is 4.79 Å². The molecule has 0 spiro atoms. The Morgan fingerprint density at radius 2 is 1.86 bits per heavy atom. The first-order valence-corrected chi connectivity index (χ1v) is 6.14. The molecule has 1 saturated heterocycles. The first kappa shape index (κ1) is 10.3. The molecule has 1 saturated carbocycles. The zero-order valence-electron chi connectivity index (χ0n) is 7.99. The van der Waals surface area contributed by atoms with Gasteiger partial charge in [0.25, 0.3) is 0 Å². The van der Waals surface area contributed by atoms with E-state index in [4.69, 9.17) is 0 Å². The van der Waals surface area contributed by atoms with E-state index in [2.05, 4.69) is 10.6 Å². The van der Waals surface area contributed by atoms with Gasteiger partial charge in [-0.05, 0) is 12.8 Å². The Balaban J connectivity index is 1.78. The minimum absolute atomic E-state index is 0.0596. The van der Waals surface area contributed by atoms with E-state index in [1.165, 1.54) is 37.4 Å². The van der Waals surface area contributed by atoms with Crippen molar-refractivity contribution in [3.8, 4) is 0 Å². The first-order valence-electron chi connectivity index (χ1n) is 5.09. The number of carbonyl (C=O) groups is 1. The predicted molar refractivity (Wildman–Crippen MR) is 53.6 cm³/mol. The first-order chi connectivity index (χ1) is 6.75. The Morgan fingerprint density at radius 1 is 1.29 bits per heavy atom. The molecule has 0 radical (unpaired) electrons. The minimum Gasteiger partial charge on any atom is -0.549 e. The molecular weight excluding hydrogens is 200 g/mol. The van der Waals surface area contributed by atoms with Gasteiger partial charge in [0.2, 0.25) is 0 Å². The summed E-state index contributed by atoms with van der Waals surface area (Å²) in [5.74, 6) is -0.933. The van der Waals surface area contributed by atoms with Crippen LogP contribution >= 0.6 is 11.8 Å². The maximum absolute atomic E-state index is 10.3. The number of hydrogen-bond donors (Lipinski definition) is 2. The van der Waals surface area contributed by atoms with E-state index in [0.29, 0.717) is 12.1 Å². The second-order valence-corrected chi connectivity index (χ2v) is 4.99. The molecule has 5 heteroatoms. The number of carboxylic acids is 1. The molecule has 2 atom stereocenters. The topological polar surface area (TPSA) is 64.2 Å². The van der Waals surface area contributed by atoms with E-state index in [1.54, 1.807) is 0 Å². The molecule has 4 nitrogen and oxygen atoms in total.